The van der Waals surface area contributed by atoms with Crippen LogP contribution in [0.2, 0.25) is 0 Å². The van der Waals surface area contributed by atoms with Gasteiger partial charge < -0.3 is 19.9 Å². The number of piperidine rings is 1. The van der Waals surface area contributed by atoms with Crippen molar-refractivity contribution in [2.75, 3.05) is 33.3 Å². The zero-order valence-electron chi connectivity index (χ0n) is 21.4. The lowest BCUT2D eigenvalue weighted by atomic mass is 10.1. The minimum Gasteiger partial charge on any atom is -0.466 e. The lowest BCUT2D eigenvalue weighted by Crippen LogP contribution is -2.28. The van der Waals surface area contributed by atoms with E-state index in [2.05, 4.69) is 21.3 Å². The van der Waals surface area contributed by atoms with Gasteiger partial charge >= 0.3 is 5.97 Å². The summed E-state index contributed by atoms with van der Waals surface area (Å²) in [4.78, 5) is 46.7. The monoisotopic (exact) mass is 523 g/mol. The van der Waals surface area contributed by atoms with Gasteiger partial charge in [0.15, 0.2) is 0 Å². The third-order valence-electron chi connectivity index (χ3n) is 5.92. The Kier molecular flexibility index (Phi) is 10.6. The molecule has 1 N–H and O–H groups in total. The number of ether oxygens (including phenoxy) is 1. The highest BCUT2D eigenvalue weighted by Gasteiger charge is 2.23. The molecular weight excluding hydrogens is 490 g/mol. The van der Waals surface area contributed by atoms with Gasteiger partial charge in [-0.05, 0) is 50.3 Å². The number of rotatable bonds is 11. The lowest BCUT2D eigenvalue weighted by Gasteiger charge is -2.23. The van der Waals surface area contributed by atoms with E-state index in [1.54, 1.807) is 38.5 Å². The highest BCUT2D eigenvalue weighted by atomic mass is 32.1. The van der Waals surface area contributed by atoms with Crippen LogP contribution in [0.5, 0.6) is 0 Å². The van der Waals surface area contributed by atoms with E-state index in [1.165, 1.54) is 11.3 Å². The van der Waals surface area contributed by atoms with Gasteiger partial charge in [-0.1, -0.05) is 18.2 Å². The first-order valence-corrected chi connectivity index (χ1v) is 13.3. The average molecular weight is 524 g/mol. The zero-order chi connectivity index (χ0) is 26.6. The zero-order valence-corrected chi connectivity index (χ0v) is 22.2. The summed E-state index contributed by atoms with van der Waals surface area (Å²) in [6.07, 6.45) is 5.83. The highest BCUT2D eigenvalue weighted by Crippen LogP contribution is 2.31. The van der Waals surface area contributed by atoms with Gasteiger partial charge in [0.05, 0.1) is 35.1 Å². The number of aliphatic imine (C=N–C) groups is 1. The van der Waals surface area contributed by atoms with Crippen molar-refractivity contribution in [2.24, 2.45) is 4.99 Å². The predicted octanol–water partition coefficient (Wildman–Crippen LogP) is 4.11. The summed E-state index contributed by atoms with van der Waals surface area (Å²) >= 11 is 1.09. The summed E-state index contributed by atoms with van der Waals surface area (Å²) in [5, 5.41) is 12.2. The van der Waals surface area contributed by atoms with E-state index in [1.807, 2.05) is 12.1 Å². The van der Waals surface area contributed by atoms with E-state index in [0.717, 1.165) is 42.8 Å². The number of nitrogens with one attached hydrogen (secondary N) is 1. The minimum absolute atomic E-state index is 0.225. The summed E-state index contributed by atoms with van der Waals surface area (Å²) < 4.78 is 4.91. The van der Waals surface area contributed by atoms with Crippen molar-refractivity contribution < 1.29 is 19.1 Å². The Morgan fingerprint density at radius 3 is 2.73 bits per heavy atom. The molecule has 196 valence electrons. The molecule has 3 rings (SSSR count). The van der Waals surface area contributed by atoms with Crippen LogP contribution in [-0.2, 0) is 16.1 Å². The van der Waals surface area contributed by atoms with Crippen molar-refractivity contribution in [3.8, 4) is 6.07 Å². The average Bonchev–Trinajstić information content (AvgIpc) is 3.34. The fourth-order valence-electron chi connectivity index (χ4n) is 3.94. The quantitative estimate of drug-likeness (QED) is 0.205. The maximum absolute atomic E-state index is 13.4. The van der Waals surface area contributed by atoms with Gasteiger partial charge in [0, 0.05) is 39.6 Å². The van der Waals surface area contributed by atoms with Gasteiger partial charge in [0.2, 0.25) is 0 Å². The van der Waals surface area contributed by atoms with Crippen LogP contribution in [-0.4, -0.2) is 67.2 Å². The first-order chi connectivity index (χ1) is 17.9. The molecule has 0 bridgehead atoms. The number of hydrogen-bond donors (Lipinski definition) is 1. The Hall–Kier alpha value is -3.71. The molecule has 0 saturated carbocycles. The van der Waals surface area contributed by atoms with Crippen molar-refractivity contribution in [1.82, 2.24) is 15.1 Å². The number of esters is 1. The second-order valence-electron chi connectivity index (χ2n) is 8.76. The molecule has 10 heteroatoms. The van der Waals surface area contributed by atoms with E-state index in [-0.39, 0.29) is 30.7 Å². The Labute approximate surface area is 221 Å². The van der Waals surface area contributed by atoms with Gasteiger partial charge in [-0.15, -0.1) is 11.3 Å². The molecule has 1 saturated heterocycles. The van der Waals surface area contributed by atoms with E-state index in [4.69, 9.17) is 4.74 Å². The van der Waals surface area contributed by atoms with Crippen molar-refractivity contribution in [3.63, 3.8) is 0 Å². The summed E-state index contributed by atoms with van der Waals surface area (Å²) in [5.41, 5.74) is 1.70. The standard InChI is InChI=1S/C27H33N5O4S/c1-3-36-24(33)12-9-13-29-26(34)23-16-22(30-19-32-14-7-4-8-15-32)25(37-23)27(35)31(2)18-21-11-6-5-10-20(21)17-28/h5-6,10-11,16,19H,3-4,7-9,12-15,18H2,1-2H3,(H,29,34). The molecular formula is C27H33N5O4S. The molecule has 0 spiro atoms. The molecule has 2 aromatic rings. The fraction of sp³-hybridized carbons (Fsp3) is 0.444. The Bertz CT molecular complexity index is 1160. The number of benzene rings is 1. The number of nitriles is 1. The van der Waals surface area contributed by atoms with Crippen LogP contribution in [0.3, 0.4) is 0 Å². The maximum Gasteiger partial charge on any atom is 0.305 e. The fourth-order valence-corrected chi connectivity index (χ4v) is 4.96. The Morgan fingerprint density at radius 1 is 1.24 bits per heavy atom. The van der Waals surface area contributed by atoms with Crippen LogP contribution in [0.4, 0.5) is 5.69 Å². The second kappa shape index (κ2) is 14.1. The van der Waals surface area contributed by atoms with Crippen LogP contribution in [0.15, 0.2) is 35.3 Å². The molecule has 1 aliphatic heterocycles. The van der Waals surface area contributed by atoms with E-state index < -0.39 is 0 Å². The SMILES string of the molecule is CCOC(=O)CCCNC(=O)c1cc(N=CN2CCCCC2)c(C(=O)N(C)Cc2ccccc2C#N)s1. The molecule has 1 fully saturated rings. The molecule has 1 aromatic heterocycles. The molecule has 37 heavy (non-hydrogen) atoms. The number of thiophene rings is 1. The number of carbonyl (C=O) groups is 3. The first kappa shape index (κ1) is 27.9. The molecule has 0 aliphatic carbocycles. The van der Waals surface area contributed by atoms with Crippen LogP contribution < -0.4 is 5.32 Å². The van der Waals surface area contributed by atoms with Gasteiger partial charge in [-0.3, -0.25) is 14.4 Å². The molecule has 1 aliphatic rings. The summed E-state index contributed by atoms with van der Waals surface area (Å²) in [5.74, 6) is -0.888. The number of nitrogens with zero attached hydrogens (tertiary/aromatic N) is 4. The van der Waals surface area contributed by atoms with Crippen molar-refractivity contribution in [3.05, 3.63) is 51.2 Å². The summed E-state index contributed by atoms with van der Waals surface area (Å²) in [6, 6.07) is 11.0. The van der Waals surface area contributed by atoms with E-state index >= 15 is 0 Å². The van der Waals surface area contributed by atoms with Crippen LogP contribution in [0.25, 0.3) is 0 Å². The van der Waals surface area contributed by atoms with Crippen LogP contribution >= 0.6 is 11.3 Å². The van der Waals surface area contributed by atoms with Crippen molar-refractivity contribution in [1.29, 1.82) is 5.26 Å². The van der Waals surface area contributed by atoms with Crippen LogP contribution in [0.1, 0.15) is 69.5 Å². The molecule has 0 radical (unpaired) electrons. The van der Waals surface area contributed by atoms with Crippen molar-refractivity contribution >= 4 is 41.1 Å². The molecule has 9 nitrogen and oxygen atoms in total. The smallest absolute Gasteiger partial charge is 0.305 e. The lowest BCUT2D eigenvalue weighted by molar-refractivity contribution is -0.143. The molecule has 0 atom stereocenters. The molecule has 0 unspecified atom stereocenters. The Balaban J connectivity index is 1.75. The molecule has 2 amide bonds. The minimum atomic E-state index is -0.320. The van der Waals surface area contributed by atoms with E-state index in [0.29, 0.717) is 40.6 Å². The van der Waals surface area contributed by atoms with Gasteiger partial charge in [-0.2, -0.15) is 5.26 Å². The topological polar surface area (TPSA) is 115 Å². The van der Waals surface area contributed by atoms with Crippen LogP contribution in [0, 0.1) is 11.3 Å². The predicted molar refractivity (Wildman–Crippen MR) is 143 cm³/mol. The summed E-state index contributed by atoms with van der Waals surface area (Å²) in [7, 11) is 1.67. The molecule has 1 aromatic carbocycles. The summed E-state index contributed by atoms with van der Waals surface area (Å²) in [6.45, 7) is 4.47. The number of hydrogen-bond acceptors (Lipinski definition) is 7. The molecule has 2 heterocycles. The number of carbonyl (C=O) groups excluding carboxylic acids is 3. The maximum atomic E-state index is 13.4. The largest absolute Gasteiger partial charge is 0.466 e. The Morgan fingerprint density at radius 2 is 2.00 bits per heavy atom. The third kappa shape index (κ3) is 8.15. The second-order valence-corrected chi connectivity index (χ2v) is 9.81. The third-order valence-corrected chi connectivity index (χ3v) is 7.03. The van der Waals surface area contributed by atoms with Crippen molar-refractivity contribution in [2.45, 2.75) is 45.6 Å². The van der Waals surface area contributed by atoms with Gasteiger partial charge in [0.25, 0.3) is 11.8 Å². The van der Waals surface area contributed by atoms with Gasteiger partial charge in [0.1, 0.15) is 4.88 Å². The van der Waals surface area contributed by atoms with Gasteiger partial charge in [-0.25, -0.2) is 4.99 Å². The highest BCUT2D eigenvalue weighted by molar-refractivity contribution is 7.16. The number of likely N-dealkylation sites (tertiary alicyclic amines) is 1. The number of amides is 2. The van der Waals surface area contributed by atoms with E-state index in [9.17, 15) is 19.6 Å². The first-order valence-electron chi connectivity index (χ1n) is 12.5. The normalized spacial score (nSPS) is 13.3.